The quantitative estimate of drug-likeness (QED) is 0.893. The van der Waals surface area contributed by atoms with Crippen LogP contribution in [0, 0.1) is 5.92 Å². The molecule has 2 aromatic rings. The summed E-state index contributed by atoms with van der Waals surface area (Å²) in [6, 6.07) is 2.30. The Bertz CT molecular complexity index is 637. The zero-order valence-corrected chi connectivity index (χ0v) is 11.4. The molecule has 0 aliphatic heterocycles. The highest BCUT2D eigenvalue weighted by molar-refractivity contribution is 5.97. The summed E-state index contributed by atoms with van der Waals surface area (Å²) in [5, 5.41) is 12.8. The summed E-state index contributed by atoms with van der Waals surface area (Å²) in [4.78, 5) is 19.7. The summed E-state index contributed by atoms with van der Waals surface area (Å²) in [5.41, 5.74) is 0.840. The number of aliphatic hydroxyl groups is 1. The molecule has 0 radical (unpaired) electrons. The van der Waals surface area contributed by atoms with E-state index in [4.69, 9.17) is 0 Å². The van der Waals surface area contributed by atoms with Gasteiger partial charge in [0.2, 0.25) is 5.91 Å². The molecule has 0 unspecified atom stereocenters. The maximum absolute atomic E-state index is 11.2. The van der Waals surface area contributed by atoms with E-state index in [1.807, 2.05) is 12.3 Å². The molecule has 3 rings (SSSR count). The molecule has 2 N–H and O–H groups in total. The molecule has 0 aromatic carbocycles. The molecule has 1 amide bonds. The van der Waals surface area contributed by atoms with Gasteiger partial charge in [-0.05, 0) is 31.2 Å². The second-order valence-electron chi connectivity index (χ2n) is 5.38. The highest BCUT2D eigenvalue weighted by atomic mass is 16.3. The van der Waals surface area contributed by atoms with E-state index in [1.165, 1.54) is 13.3 Å². The van der Waals surface area contributed by atoms with E-state index in [2.05, 4.69) is 19.9 Å². The molecule has 6 heteroatoms. The van der Waals surface area contributed by atoms with Gasteiger partial charge in [0.15, 0.2) is 0 Å². The van der Waals surface area contributed by atoms with Gasteiger partial charge >= 0.3 is 0 Å². The monoisotopic (exact) mass is 274 g/mol. The molecule has 106 valence electrons. The van der Waals surface area contributed by atoms with Crippen LogP contribution in [0.4, 0.5) is 5.82 Å². The molecule has 0 saturated heterocycles. The predicted octanol–water partition coefficient (Wildman–Crippen LogP) is 1.72. The van der Waals surface area contributed by atoms with Crippen LogP contribution in [0.15, 0.2) is 18.6 Å². The van der Waals surface area contributed by atoms with Crippen LogP contribution >= 0.6 is 0 Å². The summed E-state index contributed by atoms with van der Waals surface area (Å²) in [5.74, 6) is 0.797. The molecule has 1 aliphatic rings. The van der Waals surface area contributed by atoms with E-state index in [0.717, 1.165) is 30.3 Å². The van der Waals surface area contributed by atoms with Crippen molar-refractivity contribution in [3.05, 3.63) is 18.6 Å². The highest BCUT2D eigenvalue weighted by Crippen LogP contribution is 2.36. The van der Waals surface area contributed by atoms with Crippen LogP contribution < -0.4 is 5.32 Å². The third kappa shape index (κ3) is 2.27. The number of amides is 1. The Kier molecular flexibility index (Phi) is 3.40. The van der Waals surface area contributed by atoms with Gasteiger partial charge in [0.1, 0.15) is 17.8 Å². The topological polar surface area (TPSA) is 80.0 Å². The van der Waals surface area contributed by atoms with Gasteiger partial charge in [-0.1, -0.05) is 0 Å². The Morgan fingerprint density at radius 3 is 3.05 bits per heavy atom. The molecule has 0 spiro atoms. The molecule has 2 aromatic heterocycles. The van der Waals surface area contributed by atoms with Gasteiger partial charge in [-0.25, -0.2) is 9.97 Å². The van der Waals surface area contributed by atoms with Crippen molar-refractivity contribution in [2.45, 2.75) is 32.2 Å². The molecular weight excluding hydrogens is 256 g/mol. The minimum atomic E-state index is -0.140. The molecule has 1 saturated carbocycles. The number of aromatic nitrogens is 3. The van der Waals surface area contributed by atoms with E-state index < -0.39 is 0 Å². The summed E-state index contributed by atoms with van der Waals surface area (Å²) in [7, 11) is 0. The Morgan fingerprint density at radius 1 is 1.50 bits per heavy atom. The minimum absolute atomic E-state index is 0.140. The van der Waals surface area contributed by atoms with Crippen molar-refractivity contribution in [1.82, 2.24) is 14.5 Å². The van der Waals surface area contributed by atoms with E-state index in [0.29, 0.717) is 17.8 Å². The fourth-order valence-electron chi connectivity index (χ4n) is 3.00. The molecular formula is C14H18N4O2. The van der Waals surface area contributed by atoms with Crippen molar-refractivity contribution in [3.63, 3.8) is 0 Å². The Morgan fingerprint density at radius 2 is 2.35 bits per heavy atom. The van der Waals surface area contributed by atoms with Crippen molar-refractivity contribution in [1.29, 1.82) is 0 Å². The number of aliphatic hydroxyl groups excluding tert-OH is 1. The third-order valence-electron chi connectivity index (χ3n) is 3.97. The summed E-state index contributed by atoms with van der Waals surface area (Å²) < 4.78 is 2.14. The fourth-order valence-corrected chi connectivity index (χ4v) is 3.00. The smallest absolute Gasteiger partial charge is 0.222 e. The van der Waals surface area contributed by atoms with Crippen LogP contribution in [0.1, 0.15) is 32.2 Å². The number of hydrogen-bond acceptors (Lipinski definition) is 4. The number of rotatable bonds is 3. The summed E-state index contributed by atoms with van der Waals surface area (Å²) in [6.45, 7) is 1.72. The lowest BCUT2D eigenvalue weighted by molar-refractivity contribution is -0.114. The lowest BCUT2D eigenvalue weighted by Crippen LogP contribution is -2.09. The van der Waals surface area contributed by atoms with Crippen LogP contribution in [0.25, 0.3) is 11.0 Å². The first-order valence-electron chi connectivity index (χ1n) is 6.89. The Hall–Kier alpha value is -1.95. The first-order chi connectivity index (χ1) is 9.69. The molecule has 0 bridgehead atoms. The Labute approximate surface area is 116 Å². The maximum Gasteiger partial charge on any atom is 0.222 e. The van der Waals surface area contributed by atoms with Gasteiger partial charge in [-0.2, -0.15) is 0 Å². The predicted molar refractivity (Wildman–Crippen MR) is 75.3 cm³/mol. The number of fused-ring (bicyclic) bond motifs is 1. The molecule has 6 nitrogen and oxygen atoms in total. The van der Waals surface area contributed by atoms with Crippen LogP contribution in [-0.4, -0.2) is 32.2 Å². The average molecular weight is 274 g/mol. The van der Waals surface area contributed by atoms with Crippen molar-refractivity contribution >= 4 is 22.8 Å². The van der Waals surface area contributed by atoms with Gasteiger partial charge < -0.3 is 15.0 Å². The van der Waals surface area contributed by atoms with Crippen LogP contribution in [0.2, 0.25) is 0 Å². The second-order valence-corrected chi connectivity index (χ2v) is 5.38. The van der Waals surface area contributed by atoms with Crippen molar-refractivity contribution in [3.8, 4) is 0 Å². The molecule has 2 heterocycles. The van der Waals surface area contributed by atoms with Gasteiger partial charge in [-0.15, -0.1) is 0 Å². The number of carbonyl (C=O) groups is 1. The zero-order valence-electron chi connectivity index (χ0n) is 11.4. The SMILES string of the molecule is CC(=O)Nc1ncnc2c1ccn2[C@@H]1CC[C@H](CO)C1. The lowest BCUT2D eigenvalue weighted by atomic mass is 10.1. The van der Waals surface area contributed by atoms with Crippen molar-refractivity contribution < 1.29 is 9.90 Å². The zero-order chi connectivity index (χ0) is 14.1. The van der Waals surface area contributed by atoms with Gasteiger partial charge in [-0.3, -0.25) is 4.79 Å². The van der Waals surface area contributed by atoms with Gasteiger partial charge in [0.05, 0.1) is 5.39 Å². The molecule has 1 fully saturated rings. The number of nitrogens with one attached hydrogen (secondary N) is 1. The van der Waals surface area contributed by atoms with Crippen molar-refractivity contribution in [2.75, 3.05) is 11.9 Å². The minimum Gasteiger partial charge on any atom is -0.396 e. The van der Waals surface area contributed by atoms with Crippen LogP contribution in [0.5, 0.6) is 0 Å². The number of anilines is 1. The largest absolute Gasteiger partial charge is 0.396 e. The fraction of sp³-hybridized carbons (Fsp3) is 0.500. The van der Waals surface area contributed by atoms with Crippen molar-refractivity contribution in [2.24, 2.45) is 5.92 Å². The Balaban J connectivity index is 1.96. The van der Waals surface area contributed by atoms with E-state index >= 15 is 0 Å². The van der Waals surface area contributed by atoms with Crippen LogP contribution in [-0.2, 0) is 4.79 Å². The van der Waals surface area contributed by atoms with E-state index in [9.17, 15) is 9.90 Å². The second kappa shape index (κ2) is 5.20. The normalized spacial score (nSPS) is 22.3. The summed E-state index contributed by atoms with van der Waals surface area (Å²) in [6.07, 6.45) is 6.54. The van der Waals surface area contributed by atoms with Crippen LogP contribution in [0.3, 0.4) is 0 Å². The third-order valence-corrected chi connectivity index (χ3v) is 3.97. The molecule has 1 aliphatic carbocycles. The van der Waals surface area contributed by atoms with E-state index in [1.54, 1.807) is 0 Å². The van der Waals surface area contributed by atoms with E-state index in [-0.39, 0.29) is 12.5 Å². The summed E-state index contributed by atoms with van der Waals surface area (Å²) >= 11 is 0. The molecule has 2 atom stereocenters. The standard InChI is InChI=1S/C14H18N4O2/c1-9(20)17-13-12-4-5-18(14(12)16-8-15-13)11-3-2-10(6-11)7-19/h4-5,8,10-11,19H,2-3,6-7H2,1H3,(H,15,16,17,20)/t10-,11+/m0/s1. The number of hydrogen-bond donors (Lipinski definition) is 2. The maximum atomic E-state index is 11.2. The average Bonchev–Trinajstić information content (AvgIpc) is 3.04. The molecule has 20 heavy (non-hydrogen) atoms. The van der Waals surface area contributed by atoms with Gasteiger partial charge in [0.25, 0.3) is 0 Å². The first-order valence-corrected chi connectivity index (χ1v) is 6.89. The number of nitrogens with zero attached hydrogens (tertiary/aromatic N) is 3. The first kappa shape index (κ1) is 13.1. The number of carbonyl (C=O) groups excluding carboxylic acids is 1. The lowest BCUT2D eigenvalue weighted by Gasteiger charge is -2.13. The highest BCUT2D eigenvalue weighted by Gasteiger charge is 2.26. The van der Waals surface area contributed by atoms with Gasteiger partial charge in [0, 0.05) is 25.8 Å².